The number of primary amides is 1. The van der Waals surface area contributed by atoms with Crippen LogP contribution in [0, 0.1) is 17.5 Å². The van der Waals surface area contributed by atoms with E-state index in [0.29, 0.717) is 0 Å². The largest absolute Gasteiger partial charge is 0.493 e. The van der Waals surface area contributed by atoms with Gasteiger partial charge in [0.15, 0.2) is 17.5 Å². The number of hydrogen-bond donors (Lipinski definition) is 1. The molecule has 0 bridgehead atoms. The van der Waals surface area contributed by atoms with E-state index in [4.69, 9.17) is 0 Å². The molecule has 0 heterocycles. The average Bonchev–Trinajstić information content (AvgIpc) is 2.30. The van der Waals surface area contributed by atoms with Gasteiger partial charge in [-0.3, -0.25) is 0 Å². The van der Waals surface area contributed by atoms with Crippen molar-refractivity contribution in [3.05, 3.63) is 29.6 Å². The zero-order valence-electron chi connectivity index (χ0n) is 9.17. The predicted molar refractivity (Wildman–Crippen MR) is 50.5 cm³/mol. The van der Waals surface area contributed by atoms with Crippen LogP contribution in [-0.2, 0) is 9.63 Å². The fraction of sp³-hybridized carbons (Fsp3) is 0.111. The molecule has 1 aromatic rings. The van der Waals surface area contributed by atoms with Crippen molar-refractivity contribution in [3.63, 3.8) is 0 Å². The number of nitrogens with two attached hydrogens (primary N) is 1. The van der Waals surface area contributed by atoms with Crippen molar-refractivity contribution in [2.45, 2.75) is 6.18 Å². The van der Waals surface area contributed by atoms with E-state index in [0.717, 1.165) is 0 Å². The number of alkyl halides is 3. The van der Waals surface area contributed by atoms with Crippen LogP contribution in [0.2, 0.25) is 0 Å². The van der Waals surface area contributed by atoms with Gasteiger partial charge in [-0.1, -0.05) is 0 Å². The van der Waals surface area contributed by atoms with Crippen LogP contribution in [0.4, 0.5) is 36.8 Å². The van der Waals surface area contributed by atoms with Crippen LogP contribution in [0.25, 0.3) is 0 Å². The molecule has 0 atom stereocenters. The predicted octanol–water partition coefficient (Wildman–Crippen LogP) is 2.01. The van der Waals surface area contributed by atoms with Crippen molar-refractivity contribution in [1.82, 2.24) is 0 Å². The Labute approximate surface area is 106 Å². The van der Waals surface area contributed by atoms with Crippen LogP contribution in [0.5, 0.6) is 0 Å². The quantitative estimate of drug-likeness (QED) is 0.490. The number of urea groups is 1. The lowest BCUT2D eigenvalue weighted by Crippen LogP contribution is -2.41. The first kappa shape index (κ1) is 15.6. The average molecular weight is 302 g/mol. The van der Waals surface area contributed by atoms with E-state index in [2.05, 4.69) is 10.6 Å². The van der Waals surface area contributed by atoms with Crippen molar-refractivity contribution < 1.29 is 40.8 Å². The topological polar surface area (TPSA) is 72.6 Å². The summed E-state index contributed by atoms with van der Waals surface area (Å²) in [6.07, 6.45) is -5.48. The molecule has 0 aliphatic heterocycles. The van der Waals surface area contributed by atoms with Crippen LogP contribution in [0.15, 0.2) is 12.1 Å². The highest BCUT2D eigenvalue weighted by atomic mass is 19.4. The fourth-order valence-electron chi connectivity index (χ4n) is 1.02. The number of nitrogens with zero attached hydrogens (tertiary/aromatic N) is 1. The molecule has 5 nitrogen and oxygen atoms in total. The molecule has 0 aliphatic carbocycles. The number of halogens is 6. The lowest BCUT2D eigenvalue weighted by Gasteiger charge is -2.19. The molecule has 0 radical (unpaired) electrons. The molecule has 0 aliphatic rings. The highest BCUT2D eigenvalue weighted by molar-refractivity contribution is 5.91. The molecule has 11 heteroatoms. The summed E-state index contributed by atoms with van der Waals surface area (Å²) in [7, 11) is 0. The molecule has 0 saturated carbocycles. The minimum Gasteiger partial charge on any atom is -0.349 e. The van der Waals surface area contributed by atoms with Gasteiger partial charge in [-0.2, -0.15) is 13.2 Å². The first-order valence-electron chi connectivity index (χ1n) is 4.57. The van der Waals surface area contributed by atoms with Gasteiger partial charge >= 0.3 is 18.2 Å². The Morgan fingerprint density at radius 1 is 1.10 bits per heavy atom. The molecule has 20 heavy (non-hydrogen) atoms. The van der Waals surface area contributed by atoms with E-state index >= 15 is 0 Å². The van der Waals surface area contributed by atoms with E-state index in [-0.39, 0.29) is 12.1 Å². The van der Waals surface area contributed by atoms with Gasteiger partial charge in [0, 0.05) is 12.1 Å². The monoisotopic (exact) mass is 302 g/mol. The zero-order valence-corrected chi connectivity index (χ0v) is 9.17. The highest BCUT2D eigenvalue weighted by Gasteiger charge is 2.43. The Balaban J connectivity index is 3.16. The third kappa shape index (κ3) is 3.30. The molecule has 0 saturated heterocycles. The highest BCUT2D eigenvalue weighted by Crippen LogP contribution is 2.24. The lowest BCUT2D eigenvalue weighted by molar-refractivity contribution is -0.199. The summed E-state index contributed by atoms with van der Waals surface area (Å²) in [4.78, 5) is 24.9. The summed E-state index contributed by atoms with van der Waals surface area (Å²) in [5.41, 5.74) is 3.57. The molecule has 2 N–H and O–H groups in total. The summed E-state index contributed by atoms with van der Waals surface area (Å²) in [6.45, 7) is 0. The first-order valence-corrected chi connectivity index (χ1v) is 4.57. The maximum atomic E-state index is 12.9. The number of benzene rings is 1. The third-order valence-corrected chi connectivity index (χ3v) is 1.81. The molecular weight excluding hydrogens is 298 g/mol. The van der Waals surface area contributed by atoms with E-state index in [9.17, 15) is 35.9 Å². The number of amides is 2. The smallest absolute Gasteiger partial charge is 0.349 e. The van der Waals surface area contributed by atoms with Crippen LogP contribution in [0.1, 0.15) is 0 Å². The maximum absolute atomic E-state index is 12.9. The molecular formula is C9H4F6N2O3. The number of rotatable bonds is 1. The van der Waals surface area contributed by atoms with E-state index in [1.54, 1.807) is 0 Å². The number of hydrogen-bond acceptors (Lipinski definition) is 3. The van der Waals surface area contributed by atoms with Gasteiger partial charge < -0.3 is 10.6 Å². The Morgan fingerprint density at radius 3 is 1.90 bits per heavy atom. The van der Waals surface area contributed by atoms with Gasteiger partial charge in [-0.05, 0) is 0 Å². The molecule has 110 valence electrons. The van der Waals surface area contributed by atoms with Crippen LogP contribution >= 0.6 is 0 Å². The van der Waals surface area contributed by atoms with E-state index in [1.807, 2.05) is 0 Å². The van der Waals surface area contributed by atoms with Crippen molar-refractivity contribution in [2.24, 2.45) is 5.73 Å². The second-order valence-electron chi connectivity index (χ2n) is 3.23. The first-order chi connectivity index (χ1) is 9.04. The standard InChI is InChI=1S/C9H4F6N2O3/c10-4-1-3(2-5(11)6(4)12)17(8(16)19)20-7(18)9(13,14)15/h1-2H,(H2,16,19). The molecule has 0 aromatic heterocycles. The van der Waals surface area contributed by atoms with Crippen molar-refractivity contribution in [1.29, 1.82) is 0 Å². The van der Waals surface area contributed by atoms with Crippen LogP contribution < -0.4 is 10.8 Å². The molecule has 2 amide bonds. The molecule has 0 unspecified atom stereocenters. The Hall–Kier alpha value is -2.46. The Bertz CT molecular complexity index is 536. The molecule has 0 fully saturated rings. The van der Waals surface area contributed by atoms with E-state index in [1.165, 1.54) is 0 Å². The SMILES string of the molecule is NC(=O)N(OC(=O)C(F)(F)F)c1cc(F)c(F)c(F)c1. The minimum absolute atomic E-state index is 0.118. The Kier molecular flexibility index (Phi) is 4.11. The fourth-order valence-corrected chi connectivity index (χ4v) is 1.02. The van der Waals surface area contributed by atoms with Crippen molar-refractivity contribution >= 4 is 17.7 Å². The Morgan fingerprint density at radius 2 is 1.55 bits per heavy atom. The summed E-state index contributed by atoms with van der Waals surface area (Å²) in [5, 5.41) is -0.526. The van der Waals surface area contributed by atoms with Crippen molar-refractivity contribution in [3.8, 4) is 0 Å². The van der Waals surface area contributed by atoms with Gasteiger partial charge in [0.05, 0.1) is 5.69 Å². The van der Waals surface area contributed by atoms with Gasteiger partial charge in [-0.15, -0.1) is 5.06 Å². The zero-order chi connectivity index (χ0) is 15.7. The van der Waals surface area contributed by atoms with Crippen LogP contribution in [-0.4, -0.2) is 18.2 Å². The van der Waals surface area contributed by atoms with Gasteiger partial charge in [0.2, 0.25) is 0 Å². The number of carbonyl (C=O) groups is 2. The number of carbonyl (C=O) groups excluding carboxylic acids is 2. The lowest BCUT2D eigenvalue weighted by atomic mass is 10.3. The number of anilines is 1. The van der Waals surface area contributed by atoms with Gasteiger partial charge in [0.1, 0.15) is 0 Å². The summed E-state index contributed by atoms with van der Waals surface area (Å²) in [6, 6.07) is -1.55. The molecule has 1 aromatic carbocycles. The van der Waals surface area contributed by atoms with Crippen molar-refractivity contribution in [2.75, 3.05) is 5.06 Å². The second kappa shape index (κ2) is 5.27. The number of hydroxylamine groups is 1. The molecule has 0 spiro atoms. The van der Waals surface area contributed by atoms with Gasteiger partial charge in [0.25, 0.3) is 0 Å². The molecule has 1 rings (SSSR count). The normalized spacial score (nSPS) is 11.1. The van der Waals surface area contributed by atoms with E-state index < -0.39 is 46.4 Å². The van der Waals surface area contributed by atoms with Crippen LogP contribution in [0.3, 0.4) is 0 Å². The summed E-state index contributed by atoms with van der Waals surface area (Å²) in [5.74, 6) is -8.44. The second-order valence-corrected chi connectivity index (χ2v) is 3.23. The minimum atomic E-state index is -5.48. The summed E-state index contributed by atoms with van der Waals surface area (Å²) >= 11 is 0. The summed E-state index contributed by atoms with van der Waals surface area (Å²) < 4.78 is 74.3. The maximum Gasteiger partial charge on any atom is 0.493 e. The van der Waals surface area contributed by atoms with Gasteiger partial charge in [-0.25, -0.2) is 22.8 Å². The third-order valence-electron chi connectivity index (χ3n) is 1.81.